The van der Waals surface area contributed by atoms with Crippen LogP contribution in [0.4, 0.5) is 0 Å². The Balaban J connectivity index is 1.98. The second-order valence-electron chi connectivity index (χ2n) is 4.63. The van der Waals surface area contributed by atoms with E-state index in [1.54, 1.807) is 31.2 Å². The molecule has 0 fully saturated rings. The number of aliphatic hydroxyl groups excluding tert-OH is 2. The molecule has 0 radical (unpaired) electrons. The summed E-state index contributed by atoms with van der Waals surface area (Å²) in [4.78, 5) is 11.1. The van der Waals surface area contributed by atoms with Crippen LogP contribution < -0.4 is 10.4 Å². The standard InChI is InChI=1S/C15H18O5/c1-2-12(16)13(17)7-8-19-11-5-3-10-4-6-15(18)20-14(10)9-11/h3-6,9,12-13,16-17H,2,7-8H2,1H3/t12-,13+/m1/s1. The number of rotatable bonds is 6. The van der Waals surface area contributed by atoms with Crippen LogP contribution in [0, 0.1) is 0 Å². The lowest BCUT2D eigenvalue weighted by molar-refractivity contribution is 0.00569. The van der Waals surface area contributed by atoms with Gasteiger partial charge in [-0.25, -0.2) is 4.79 Å². The van der Waals surface area contributed by atoms with Gasteiger partial charge in [-0.3, -0.25) is 0 Å². The van der Waals surface area contributed by atoms with E-state index in [1.165, 1.54) is 6.07 Å². The van der Waals surface area contributed by atoms with Crippen LogP contribution in [-0.2, 0) is 0 Å². The Hall–Kier alpha value is -1.85. The molecule has 0 saturated carbocycles. The second kappa shape index (κ2) is 6.54. The molecule has 1 aromatic carbocycles. The fourth-order valence-corrected chi connectivity index (χ4v) is 1.89. The van der Waals surface area contributed by atoms with Crippen molar-refractivity contribution in [3.05, 3.63) is 40.8 Å². The maximum absolute atomic E-state index is 11.1. The zero-order chi connectivity index (χ0) is 14.5. The predicted octanol–water partition coefficient (Wildman–Crippen LogP) is 1.69. The van der Waals surface area contributed by atoms with Crippen molar-refractivity contribution in [2.75, 3.05) is 6.61 Å². The molecule has 2 atom stereocenters. The van der Waals surface area contributed by atoms with Gasteiger partial charge in [0.05, 0.1) is 18.8 Å². The summed E-state index contributed by atoms with van der Waals surface area (Å²) < 4.78 is 10.5. The zero-order valence-corrected chi connectivity index (χ0v) is 11.3. The van der Waals surface area contributed by atoms with E-state index in [9.17, 15) is 15.0 Å². The van der Waals surface area contributed by atoms with Crippen LogP contribution in [0.3, 0.4) is 0 Å². The molecule has 1 aromatic heterocycles. The Bertz CT molecular complexity index is 619. The van der Waals surface area contributed by atoms with Crippen molar-refractivity contribution in [2.24, 2.45) is 0 Å². The molecule has 108 valence electrons. The molecule has 0 spiro atoms. The normalized spacial score (nSPS) is 14.2. The zero-order valence-electron chi connectivity index (χ0n) is 11.3. The van der Waals surface area contributed by atoms with E-state index >= 15 is 0 Å². The number of ether oxygens (including phenoxy) is 1. The van der Waals surface area contributed by atoms with Gasteiger partial charge in [0.1, 0.15) is 11.3 Å². The fraction of sp³-hybridized carbons (Fsp3) is 0.400. The van der Waals surface area contributed by atoms with Crippen molar-refractivity contribution in [1.82, 2.24) is 0 Å². The van der Waals surface area contributed by atoms with E-state index in [1.807, 2.05) is 0 Å². The predicted molar refractivity (Wildman–Crippen MR) is 74.9 cm³/mol. The van der Waals surface area contributed by atoms with E-state index in [2.05, 4.69) is 0 Å². The minimum Gasteiger partial charge on any atom is -0.493 e. The molecule has 0 aliphatic rings. The molecule has 0 aliphatic carbocycles. The lowest BCUT2D eigenvalue weighted by atomic mass is 10.1. The molecule has 0 amide bonds. The summed E-state index contributed by atoms with van der Waals surface area (Å²) in [7, 11) is 0. The van der Waals surface area contributed by atoms with Crippen LogP contribution in [-0.4, -0.2) is 29.0 Å². The molecule has 2 N–H and O–H groups in total. The van der Waals surface area contributed by atoms with Crippen LogP contribution in [0.1, 0.15) is 19.8 Å². The lowest BCUT2D eigenvalue weighted by Crippen LogP contribution is -2.26. The molecule has 0 unspecified atom stereocenters. The molecular weight excluding hydrogens is 260 g/mol. The summed E-state index contributed by atoms with van der Waals surface area (Å²) in [5.74, 6) is 0.560. The Labute approximate surface area is 116 Å². The van der Waals surface area contributed by atoms with Gasteiger partial charge in [0.25, 0.3) is 0 Å². The van der Waals surface area contributed by atoms with Crippen molar-refractivity contribution >= 4 is 11.0 Å². The van der Waals surface area contributed by atoms with Crippen molar-refractivity contribution < 1.29 is 19.4 Å². The van der Waals surface area contributed by atoms with Crippen molar-refractivity contribution in [1.29, 1.82) is 0 Å². The molecule has 5 nitrogen and oxygen atoms in total. The third-order valence-electron chi connectivity index (χ3n) is 3.14. The molecule has 2 rings (SSSR count). The largest absolute Gasteiger partial charge is 0.493 e. The first-order valence-electron chi connectivity index (χ1n) is 6.63. The summed E-state index contributed by atoms with van der Waals surface area (Å²) in [5, 5.41) is 19.9. The van der Waals surface area contributed by atoms with Gasteiger partial charge >= 0.3 is 5.63 Å². The van der Waals surface area contributed by atoms with E-state index in [0.717, 1.165) is 5.39 Å². The summed E-state index contributed by atoms with van der Waals surface area (Å²) in [5.41, 5.74) is 0.0558. The quantitative estimate of drug-likeness (QED) is 0.786. The van der Waals surface area contributed by atoms with Crippen molar-refractivity contribution in [3.8, 4) is 5.75 Å². The molecule has 20 heavy (non-hydrogen) atoms. The highest BCUT2D eigenvalue weighted by Gasteiger charge is 2.13. The van der Waals surface area contributed by atoms with Gasteiger partial charge in [-0.1, -0.05) is 6.92 Å². The molecule has 0 aliphatic heterocycles. The summed E-state index contributed by atoms with van der Waals surface area (Å²) >= 11 is 0. The summed E-state index contributed by atoms with van der Waals surface area (Å²) in [6.45, 7) is 2.08. The van der Waals surface area contributed by atoms with Gasteiger partial charge in [-0.15, -0.1) is 0 Å². The molecular formula is C15H18O5. The maximum atomic E-state index is 11.1. The summed E-state index contributed by atoms with van der Waals surface area (Å²) in [6.07, 6.45) is -0.680. The third-order valence-corrected chi connectivity index (χ3v) is 3.14. The van der Waals surface area contributed by atoms with Crippen LogP contribution in [0.25, 0.3) is 11.0 Å². The van der Waals surface area contributed by atoms with Gasteiger partial charge in [0.15, 0.2) is 0 Å². The highest BCUT2D eigenvalue weighted by Crippen LogP contribution is 2.19. The minimum atomic E-state index is -0.793. The van der Waals surface area contributed by atoms with Crippen LogP contribution in [0.5, 0.6) is 5.75 Å². The number of hydrogen-bond acceptors (Lipinski definition) is 5. The monoisotopic (exact) mass is 278 g/mol. The van der Waals surface area contributed by atoms with E-state index in [4.69, 9.17) is 9.15 Å². The molecule has 0 saturated heterocycles. The highest BCUT2D eigenvalue weighted by molar-refractivity contribution is 5.77. The molecule has 2 aromatic rings. The Kier molecular flexibility index (Phi) is 4.76. The molecule has 1 heterocycles. The van der Waals surface area contributed by atoms with Crippen LogP contribution in [0.15, 0.2) is 39.5 Å². The maximum Gasteiger partial charge on any atom is 0.336 e. The molecule has 5 heteroatoms. The fourth-order valence-electron chi connectivity index (χ4n) is 1.89. The number of aliphatic hydroxyl groups is 2. The van der Waals surface area contributed by atoms with Gasteiger partial charge in [-0.2, -0.15) is 0 Å². The SMILES string of the molecule is CC[C@@H](O)[C@@H](O)CCOc1ccc2ccc(=O)oc2c1. The summed E-state index contributed by atoms with van der Waals surface area (Å²) in [6, 6.07) is 8.26. The van der Waals surface area contributed by atoms with Crippen LogP contribution in [0.2, 0.25) is 0 Å². The van der Waals surface area contributed by atoms with Gasteiger partial charge < -0.3 is 19.4 Å². The number of benzene rings is 1. The average molecular weight is 278 g/mol. The molecule has 0 bridgehead atoms. The van der Waals surface area contributed by atoms with Crippen LogP contribution >= 0.6 is 0 Å². The first kappa shape index (κ1) is 14.6. The lowest BCUT2D eigenvalue weighted by Gasteiger charge is -2.16. The Morgan fingerprint density at radius 1 is 1.20 bits per heavy atom. The van der Waals surface area contributed by atoms with Crippen molar-refractivity contribution in [3.63, 3.8) is 0 Å². The van der Waals surface area contributed by atoms with Gasteiger partial charge in [-0.05, 0) is 24.6 Å². The van der Waals surface area contributed by atoms with E-state index < -0.39 is 17.8 Å². The number of fused-ring (bicyclic) bond motifs is 1. The first-order chi connectivity index (χ1) is 9.60. The average Bonchev–Trinajstić information content (AvgIpc) is 2.45. The smallest absolute Gasteiger partial charge is 0.336 e. The van der Waals surface area contributed by atoms with E-state index in [0.29, 0.717) is 24.2 Å². The van der Waals surface area contributed by atoms with Gasteiger partial charge in [0, 0.05) is 23.9 Å². The third kappa shape index (κ3) is 3.59. The van der Waals surface area contributed by atoms with Crippen molar-refractivity contribution in [2.45, 2.75) is 32.0 Å². The Morgan fingerprint density at radius 2 is 1.95 bits per heavy atom. The highest BCUT2D eigenvalue weighted by atomic mass is 16.5. The van der Waals surface area contributed by atoms with E-state index in [-0.39, 0.29) is 6.61 Å². The first-order valence-corrected chi connectivity index (χ1v) is 6.63. The topological polar surface area (TPSA) is 79.9 Å². The Morgan fingerprint density at radius 3 is 2.70 bits per heavy atom. The second-order valence-corrected chi connectivity index (χ2v) is 4.63. The van der Waals surface area contributed by atoms with Gasteiger partial charge in [0.2, 0.25) is 0 Å². The minimum absolute atomic E-state index is 0.279. The number of hydrogen-bond donors (Lipinski definition) is 2.